The SMILES string of the molecule is COC(=O)c1sc2cc(NC(=S)Nc3cc(Cl)c(Cl)cc3Cl)ccc2c1Cl. The number of nitrogens with one attached hydrogen (secondary N) is 2. The van der Waals surface area contributed by atoms with Crippen molar-refractivity contribution >= 4 is 103 Å². The Morgan fingerprint density at radius 1 is 1.04 bits per heavy atom. The third-order valence-electron chi connectivity index (χ3n) is 3.52. The number of ether oxygens (including phenoxy) is 1. The van der Waals surface area contributed by atoms with Crippen LogP contribution in [0.5, 0.6) is 0 Å². The molecule has 0 atom stereocenters. The van der Waals surface area contributed by atoms with Crippen molar-refractivity contribution in [3.63, 3.8) is 0 Å². The lowest BCUT2D eigenvalue weighted by Gasteiger charge is -2.12. The van der Waals surface area contributed by atoms with Gasteiger partial charge in [0, 0.05) is 15.8 Å². The van der Waals surface area contributed by atoms with Crippen LogP contribution in [0.4, 0.5) is 11.4 Å². The average molecular weight is 480 g/mol. The number of hydrogen-bond donors (Lipinski definition) is 2. The molecule has 4 nitrogen and oxygen atoms in total. The molecule has 3 aromatic rings. The number of thiocarbonyl (C=S) groups is 1. The molecule has 140 valence electrons. The lowest BCUT2D eigenvalue weighted by Crippen LogP contribution is -2.19. The van der Waals surface area contributed by atoms with Crippen molar-refractivity contribution in [2.45, 2.75) is 0 Å². The zero-order valence-electron chi connectivity index (χ0n) is 13.5. The van der Waals surface area contributed by atoms with Crippen LogP contribution in [0, 0.1) is 0 Å². The molecule has 0 amide bonds. The predicted molar refractivity (Wildman–Crippen MR) is 119 cm³/mol. The van der Waals surface area contributed by atoms with E-state index < -0.39 is 5.97 Å². The lowest BCUT2D eigenvalue weighted by molar-refractivity contribution is 0.0606. The highest BCUT2D eigenvalue weighted by atomic mass is 35.5. The number of fused-ring (bicyclic) bond motifs is 1. The van der Waals surface area contributed by atoms with E-state index in [9.17, 15) is 4.79 Å². The fraction of sp³-hybridized carbons (Fsp3) is 0.0588. The Bertz CT molecular complexity index is 1070. The molecular weight excluding hydrogens is 470 g/mol. The van der Waals surface area contributed by atoms with E-state index >= 15 is 0 Å². The summed E-state index contributed by atoms with van der Waals surface area (Å²) in [7, 11) is 1.31. The highest BCUT2D eigenvalue weighted by Gasteiger charge is 2.18. The first-order chi connectivity index (χ1) is 12.8. The van der Waals surface area contributed by atoms with Gasteiger partial charge in [-0.2, -0.15) is 0 Å². The Kier molecular flexibility index (Phi) is 6.35. The van der Waals surface area contributed by atoms with E-state index in [2.05, 4.69) is 10.6 Å². The molecule has 1 heterocycles. The zero-order valence-corrected chi connectivity index (χ0v) is 18.2. The van der Waals surface area contributed by atoms with Gasteiger partial charge >= 0.3 is 5.97 Å². The molecule has 0 saturated heterocycles. The second-order valence-electron chi connectivity index (χ2n) is 5.27. The van der Waals surface area contributed by atoms with Gasteiger partial charge in [0.2, 0.25) is 0 Å². The Morgan fingerprint density at radius 2 is 1.74 bits per heavy atom. The minimum absolute atomic E-state index is 0.311. The van der Waals surface area contributed by atoms with Gasteiger partial charge in [-0.3, -0.25) is 0 Å². The number of halogens is 4. The molecule has 0 spiro atoms. The van der Waals surface area contributed by atoms with Crippen LogP contribution in [0.2, 0.25) is 20.1 Å². The summed E-state index contributed by atoms with van der Waals surface area (Å²) in [4.78, 5) is 12.1. The van der Waals surface area contributed by atoms with Gasteiger partial charge in [-0.1, -0.05) is 46.4 Å². The topological polar surface area (TPSA) is 50.4 Å². The van der Waals surface area contributed by atoms with Crippen molar-refractivity contribution in [1.82, 2.24) is 0 Å². The molecule has 0 bridgehead atoms. The molecular formula is C17H10Cl4N2O2S2. The van der Waals surface area contributed by atoms with Gasteiger partial charge in [0.25, 0.3) is 0 Å². The second kappa shape index (κ2) is 8.39. The van der Waals surface area contributed by atoms with E-state index in [4.69, 9.17) is 63.4 Å². The summed E-state index contributed by atoms with van der Waals surface area (Å²) in [6.45, 7) is 0. The van der Waals surface area contributed by atoms with Crippen molar-refractivity contribution in [2.75, 3.05) is 17.7 Å². The molecule has 0 aliphatic carbocycles. The molecule has 27 heavy (non-hydrogen) atoms. The monoisotopic (exact) mass is 478 g/mol. The van der Waals surface area contributed by atoms with Crippen molar-refractivity contribution < 1.29 is 9.53 Å². The number of rotatable bonds is 3. The van der Waals surface area contributed by atoms with Crippen LogP contribution in [-0.2, 0) is 4.74 Å². The maximum Gasteiger partial charge on any atom is 0.349 e. The third-order valence-corrected chi connectivity index (χ3v) is 6.39. The molecule has 0 aliphatic rings. The molecule has 1 aromatic heterocycles. The van der Waals surface area contributed by atoms with Crippen LogP contribution in [0.1, 0.15) is 9.67 Å². The van der Waals surface area contributed by atoms with E-state index in [0.717, 1.165) is 10.1 Å². The van der Waals surface area contributed by atoms with E-state index in [1.54, 1.807) is 18.2 Å². The highest BCUT2D eigenvalue weighted by Crippen LogP contribution is 2.37. The Labute approximate surface area is 184 Å². The minimum atomic E-state index is -0.470. The summed E-state index contributed by atoms with van der Waals surface area (Å²) in [6, 6.07) is 8.56. The summed E-state index contributed by atoms with van der Waals surface area (Å²) in [5.74, 6) is -0.470. The van der Waals surface area contributed by atoms with Crippen LogP contribution in [0.25, 0.3) is 10.1 Å². The van der Waals surface area contributed by atoms with E-state index in [0.29, 0.717) is 41.5 Å². The van der Waals surface area contributed by atoms with Gasteiger partial charge in [-0.25, -0.2) is 4.79 Å². The maximum absolute atomic E-state index is 11.8. The summed E-state index contributed by atoms with van der Waals surface area (Å²) < 4.78 is 5.57. The zero-order chi connectivity index (χ0) is 19.7. The molecule has 0 unspecified atom stereocenters. The fourth-order valence-electron chi connectivity index (χ4n) is 2.27. The van der Waals surface area contributed by atoms with Crippen molar-refractivity contribution in [3.05, 3.63) is 55.3 Å². The smallest absolute Gasteiger partial charge is 0.349 e. The number of thiophene rings is 1. The first kappa shape index (κ1) is 20.5. The van der Waals surface area contributed by atoms with Gasteiger partial charge in [0.15, 0.2) is 5.11 Å². The summed E-state index contributed by atoms with van der Waals surface area (Å²) in [5, 5.41) is 8.56. The van der Waals surface area contributed by atoms with Gasteiger partial charge in [0.1, 0.15) is 4.88 Å². The van der Waals surface area contributed by atoms with Crippen molar-refractivity contribution in [1.29, 1.82) is 0 Å². The van der Waals surface area contributed by atoms with Crippen LogP contribution in [0.15, 0.2) is 30.3 Å². The van der Waals surface area contributed by atoms with Crippen LogP contribution in [0.3, 0.4) is 0 Å². The molecule has 2 aromatic carbocycles. The average Bonchev–Trinajstić information content (AvgIpc) is 2.95. The predicted octanol–water partition coefficient (Wildman–Crippen LogP) is 7.11. The molecule has 10 heteroatoms. The normalized spacial score (nSPS) is 10.7. The van der Waals surface area contributed by atoms with Crippen LogP contribution in [-0.4, -0.2) is 18.2 Å². The fourth-order valence-corrected chi connectivity index (χ4v) is 4.56. The van der Waals surface area contributed by atoms with Crippen LogP contribution >= 0.6 is 70.0 Å². The van der Waals surface area contributed by atoms with Crippen molar-refractivity contribution in [2.24, 2.45) is 0 Å². The summed E-state index contributed by atoms with van der Waals surface area (Å²) in [5.41, 5.74) is 1.24. The van der Waals surface area contributed by atoms with E-state index in [-0.39, 0.29) is 0 Å². The first-order valence-corrected chi connectivity index (χ1v) is 10.1. The second-order valence-corrected chi connectivity index (χ2v) is 8.33. The quantitative estimate of drug-likeness (QED) is 0.238. The molecule has 0 aliphatic heterocycles. The molecule has 2 N–H and O–H groups in total. The standard InChI is InChI=1S/C17H10Cl4N2O2S2/c1-25-16(24)15-14(21)8-3-2-7(4-13(8)27-15)22-17(26)23-12-6-10(19)9(18)5-11(12)20/h2-6H,1H3,(H2,22,23,26). The van der Waals surface area contributed by atoms with Gasteiger partial charge < -0.3 is 15.4 Å². The lowest BCUT2D eigenvalue weighted by atomic mass is 10.2. The number of carbonyl (C=O) groups excluding carboxylic acids is 1. The Hall–Kier alpha value is -1.28. The Balaban J connectivity index is 1.81. The van der Waals surface area contributed by atoms with Crippen LogP contribution < -0.4 is 10.6 Å². The Morgan fingerprint density at radius 3 is 2.44 bits per heavy atom. The van der Waals surface area contributed by atoms with Gasteiger partial charge in [-0.05, 0) is 42.5 Å². The largest absolute Gasteiger partial charge is 0.465 e. The van der Waals surface area contributed by atoms with E-state index in [1.807, 2.05) is 6.07 Å². The number of hydrogen-bond acceptors (Lipinski definition) is 4. The summed E-state index contributed by atoms with van der Waals surface area (Å²) in [6.07, 6.45) is 0. The van der Waals surface area contributed by atoms with E-state index in [1.165, 1.54) is 24.5 Å². The first-order valence-electron chi connectivity index (χ1n) is 7.33. The number of carbonyl (C=O) groups is 1. The molecule has 3 rings (SSSR count). The number of anilines is 2. The number of esters is 1. The third kappa shape index (κ3) is 4.42. The molecule has 0 saturated carbocycles. The summed E-state index contributed by atoms with van der Waals surface area (Å²) >= 11 is 30.9. The van der Waals surface area contributed by atoms with Gasteiger partial charge in [0.05, 0.1) is 32.9 Å². The number of benzene rings is 2. The minimum Gasteiger partial charge on any atom is -0.465 e. The van der Waals surface area contributed by atoms with Crippen molar-refractivity contribution in [3.8, 4) is 0 Å². The molecule has 0 radical (unpaired) electrons. The number of methoxy groups -OCH3 is 1. The highest BCUT2D eigenvalue weighted by molar-refractivity contribution is 7.80. The van der Waals surface area contributed by atoms with Gasteiger partial charge in [-0.15, -0.1) is 11.3 Å². The maximum atomic E-state index is 11.8. The molecule has 0 fully saturated rings.